The van der Waals surface area contributed by atoms with Crippen LogP contribution >= 0.6 is 0 Å². The van der Waals surface area contributed by atoms with Gasteiger partial charge in [0.05, 0.1) is 7.11 Å². The van der Waals surface area contributed by atoms with Crippen LogP contribution < -0.4 is 4.74 Å². The zero-order chi connectivity index (χ0) is 10.6. The molecule has 1 aromatic carbocycles. The minimum atomic E-state index is -0.418. The Morgan fingerprint density at radius 2 is 2.21 bits per heavy atom. The molecule has 0 saturated heterocycles. The minimum Gasteiger partial charge on any atom is -0.494 e. The van der Waals surface area contributed by atoms with Gasteiger partial charge in [-0.2, -0.15) is 0 Å². The van der Waals surface area contributed by atoms with Crippen molar-refractivity contribution in [3.63, 3.8) is 0 Å². The van der Waals surface area contributed by atoms with Gasteiger partial charge in [0.1, 0.15) is 6.29 Å². The van der Waals surface area contributed by atoms with E-state index in [4.69, 9.17) is 4.74 Å². The van der Waals surface area contributed by atoms with Crippen molar-refractivity contribution < 1.29 is 13.9 Å². The molecule has 1 rings (SSSR count). The first kappa shape index (κ1) is 10.7. The predicted octanol–water partition coefficient (Wildman–Crippen LogP) is 2.60. The third kappa shape index (κ3) is 1.92. The molecule has 0 heterocycles. The number of rotatable bonds is 4. The molecule has 0 aromatic heterocycles. The van der Waals surface area contributed by atoms with Gasteiger partial charge in [-0.05, 0) is 18.6 Å². The Morgan fingerprint density at radius 3 is 2.71 bits per heavy atom. The van der Waals surface area contributed by atoms with Gasteiger partial charge in [-0.3, -0.25) is 4.79 Å². The van der Waals surface area contributed by atoms with E-state index in [1.807, 2.05) is 6.92 Å². The van der Waals surface area contributed by atoms with Gasteiger partial charge in [-0.15, -0.1) is 0 Å². The van der Waals surface area contributed by atoms with E-state index in [0.717, 1.165) is 6.42 Å². The summed E-state index contributed by atoms with van der Waals surface area (Å²) in [6, 6.07) is 3.05. The van der Waals surface area contributed by atoms with Crippen LogP contribution in [0.25, 0.3) is 0 Å². The van der Waals surface area contributed by atoms with Gasteiger partial charge in [0.15, 0.2) is 11.6 Å². The van der Waals surface area contributed by atoms with E-state index in [1.54, 1.807) is 6.07 Å². The summed E-state index contributed by atoms with van der Waals surface area (Å²) in [4.78, 5) is 10.6. The maximum absolute atomic E-state index is 13.6. The zero-order valence-corrected chi connectivity index (χ0v) is 8.34. The van der Waals surface area contributed by atoms with Gasteiger partial charge in [0, 0.05) is 11.1 Å². The highest BCUT2D eigenvalue weighted by Gasteiger charge is 2.12. The van der Waals surface area contributed by atoms with Gasteiger partial charge < -0.3 is 4.74 Å². The number of hydrogen-bond acceptors (Lipinski definition) is 2. The van der Waals surface area contributed by atoms with Crippen LogP contribution in [0.1, 0.15) is 29.3 Å². The molecule has 0 aliphatic rings. The van der Waals surface area contributed by atoms with Crippen LogP contribution in [-0.2, 0) is 6.42 Å². The molecule has 0 saturated carbocycles. The van der Waals surface area contributed by atoms with E-state index in [0.29, 0.717) is 23.8 Å². The molecule has 2 nitrogen and oxygen atoms in total. The predicted molar refractivity (Wildman–Crippen MR) is 52.3 cm³/mol. The largest absolute Gasteiger partial charge is 0.494 e. The van der Waals surface area contributed by atoms with Gasteiger partial charge in [-0.1, -0.05) is 13.3 Å². The second-order valence-corrected chi connectivity index (χ2v) is 3.02. The van der Waals surface area contributed by atoms with Crippen molar-refractivity contribution in [3.8, 4) is 5.75 Å². The molecule has 0 N–H and O–H groups in total. The molecular weight excluding hydrogens is 183 g/mol. The van der Waals surface area contributed by atoms with Crippen molar-refractivity contribution >= 4 is 6.29 Å². The van der Waals surface area contributed by atoms with E-state index in [-0.39, 0.29) is 5.75 Å². The molecule has 14 heavy (non-hydrogen) atoms. The first-order chi connectivity index (χ1) is 6.74. The zero-order valence-electron chi connectivity index (χ0n) is 8.34. The molecule has 0 fully saturated rings. The number of carbonyl (C=O) groups is 1. The lowest BCUT2D eigenvalue weighted by molar-refractivity contribution is 0.112. The lowest BCUT2D eigenvalue weighted by atomic mass is 10.0. The van der Waals surface area contributed by atoms with Gasteiger partial charge in [0.25, 0.3) is 0 Å². The van der Waals surface area contributed by atoms with Crippen molar-refractivity contribution in [2.75, 3.05) is 7.11 Å². The molecule has 0 aliphatic heterocycles. The summed E-state index contributed by atoms with van der Waals surface area (Å²) in [7, 11) is 1.41. The third-order valence-electron chi connectivity index (χ3n) is 2.09. The summed E-state index contributed by atoms with van der Waals surface area (Å²) >= 11 is 0. The van der Waals surface area contributed by atoms with Crippen molar-refractivity contribution in [1.82, 2.24) is 0 Å². The highest BCUT2D eigenvalue weighted by Crippen LogP contribution is 2.23. The highest BCUT2D eigenvalue weighted by atomic mass is 19.1. The Kier molecular flexibility index (Phi) is 3.63. The first-order valence-electron chi connectivity index (χ1n) is 4.55. The van der Waals surface area contributed by atoms with Crippen molar-refractivity contribution in [3.05, 3.63) is 29.1 Å². The molecule has 0 radical (unpaired) electrons. The number of carbonyl (C=O) groups excluding carboxylic acids is 1. The van der Waals surface area contributed by atoms with Crippen LogP contribution in [0.15, 0.2) is 12.1 Å². The minimum absolute atomic E-state index is 0.194. The fourth-order valence-corrected chi connectivity index (χ4v) is 1.39. The number of ether oxygens (including phenoxy) is 1. The van der Waals surface area contributed by atoms with E-state index < -0.39 is 5.82 Å². The molecule has 3 heteroatoms. The number of halogens is 1. The summed E-state index contributed by atoms with van der Waals surface area (Å²) < 4.78 is 18.5. The maximum Gasteiger partial charge on any atom is 0.168 e. The lowest BCUT2D eigenvalue weighted by Gasteiger charge is -2.08. The molecule has 0 aliphatic carbocycles. The first-order valence-corrected chi connectivity index (χ1v) is 4.55. The quantitative estimate of drug-likeness (QED) is 0.692. The smallest absolute Gasteiger partial charge is 0.168 e. The summed E-state index contributed by atoms with van der Waals surface area (Å²) in [6.07, 6.45) is 2.02. The highest BCUT2D eigenvalue weighted by molar-refractivity contribution is 5.77. The molecule has 0 unspecified atom stereocenters. The van der Waals surface area contributed by atoms with Crippen LogP contribution in [-0.4, -0.2) is 13.4 Å². The van der Waals surface area contributed by atoms with E-state index in [1.165, 1.54) is 13.2 Å². The van der Waals surface area contributed by atoms with Gasteiger partial charge >= 0.3 is 0 Å². The van der Waals surface area contributed by atoms with E-state index >= 15 is 0 Å². The number of aldehydes is 1. The molecule has 0 bridgehead atoms. The molecular formula is C11H13FO2. The third-order valence-corrected chi connectivity index (χ3v) is 2.09. The second-order valence-electron chi connectivity index (χ2n) is 3.02. The Morgan fingerprint density at radius 1 is 1.50 bits per heavy atom. The number of benzene rings is 1. The Bertz CT molecular complexity index is 334. The normalized spacial score (nSPS) is 9.93. The number of hydrogen-bond donors (Lipinski definition) is 0. The second kappa shape index (κ2) is 4.74. The fraction of sp³-hybridized carbons (Fsp3) is 0.364. The molecule has 76 valence electrons. The van der Waals surface area contributed by atoms with Gasteiger partial charge in [0.2, 0.25) is 0 Å². The molecule has 1 aromatic rings. The van der Waals surface area contributed by atoms with Crippen molar-refractivity contribution in [1.29, 1.82) is 0 Å². The maximum atomic E-state index is 13.6. The van der Waals surface area contributed by atoms with Crippen LogP contribution in [0.4, 0.5) is 4.39 Å². The molecule has 0 spiro atoms. The average Bonchev–Trinajstić information content (AvgIpc) is 2.21. The van der Waals surface area contributed by atoms with Crippen LogP contribution in [0.3, 0.4) is 0 Å². The standard InChI is InChI=1S/C11H13FO2/c1-3-4-9-8(7-13)5-6-10(14-2)11(9)12/h5-7H,3-4H2,1-2H3. The van der Waals surface area contributed by atoms with Crippen molar-refractivity contribution in [2.24, 2.45) is 0 Å². The van der Waals surface area contributed by atoms with Crippen LogP contribution in [0, 0.1) is 5.82 Å². The van der Waals surface area contributed by atoms with Crippen molar-refractivity contribution in [2.45, 2.75) is 19.8 Å². The van der Waals surface area contributed by atoms with E-state index in [2.05, 4.69) is 0 Å². The Hall–Kier alpha value is -1.38. The monoisotopic (exact) mass is 196 g/mol. The van der Waals surface area contributed by atoms with E-state index in [9.17, 15) is 9.18 Å². The average molecular weight is 196 g/mol. The lowest BCUT2D eigenvalue weighted by Crippen LogP contribution is -2.00. The SMILES string of the molecule is CCCc1c(C=O)ccc(OC)c1F. The summed E-state index contributed by atoms with van der Waals surface area (Å²) in [5.41, 5.74) is 0.854. The summed E-state index contributed by atoms with van der Waals surface area (Å²) in [5.74, 6) is -0.224. The molecule has 0 amide bonds. The molecule has 0 atom stereocenters. The summed E-state index contributed by atoms with van der Waals surface area (Å²) in [6.45, 7) is 1.94. The summed E-state index contributed by atoms with van der Waals surface area (Å²) in [5, 5.41) is 0. The fourth-order valence-electron chi connectivity index (χ4n) is 1.39. The topological polar surface area (TPSA) is 26.3 Å². The Balaban J connectivity index is 3.23. The number of methoxy groups -OCH3 is 1. The Labute approximate surface area is 82.7 Å². The van der Waals surface area contributed by atoms with Crippen LogP contribution in [0.5, 0.6) is 5.75 Å². The van der Waals surface area contributed by atoms with Crippen LogP contribution in [0.2, 0.25) is 0 Å². The van der Waals surface area contributed by atoms with Gasteiger partial charge in [-0.25, -0.2) is 4.39 Å².